The summed E-state index contributed by atoms with van der Waals surface area (Å²) in [6.07, 6.45) is 2.42. The van der Waals surface area contributed by atoms with Crippen LogP contribution >= 0.6 is 11.3 Å². The van der Waals surface area contributed by atoms with E-state index in [0.717, 1.165) is 27.3 Å². The third kappa shape index (κ3) is 4.04. The maximum atomic E-state index is 13.1. The van der Waals surface area contributed by atoms with Crippen LogP contribution in [-0.4, -0.2) is 27.6 Å². The minimum Gasteiger partial charge on any atom is -0.349 e. The summed E-state index contributed by atoms with van der Waals surface area (Å²) in [5, 5.41) is 5.78. The van der Waals surface area contributed by atoms with Gasteiger partial charge in [0.1, 0.15) is 5.69 Å². The fraction of sp³-hybridized carbons (Fsp3) is 0.208. The van der Waals surface area contributed by atoms with E-state index in [-0.39, 0.29) is 0 Å². The normalized spacial score (nSPS) is 11.2. The van der Waals surface area contributed by atoms with Crippen molar-refractivity contribution in [2.45, 2.75) is 26.2 Å². The number of thiazole rings is 1. The number of pyridine rings is 1. The highest BCUT2D eigenvalue weighted by atomic mass is 32.1. The van der Waals surface area contributed by atoms with Gasteiger partial charge in [-0.2, -0.15) is 0 Å². The maximum Gasteiger partial charge on any atom is 0.294 e. The second-order valence-corrected chi connectivity index (χ2v) is 8.37. The summed E-state index contributed by atoms with van der Waals surface area (Å²) in [7, 11) is 0. The number of rotatable bonds is 7. The van der Waals surface area contributed by atoms with Crippen molar-refractivity contribution in [3.05, 3.63) is 82.6 Å². The van der Waals surface area contributed by atoms with E-state index in [9.17, 15) is 9.59 Å². The quantitative estimate of drug-likeness (QED) is 0.349. The highest BCUT2D eigenvalue weighted by Gasteiger charge is 2.24. The summed E-state index contributed by atoms with van der Waals surface area (Å²) < 4.78 is 1.78. The van der Waals surface area contributed by atoms with E-state index in [1.165, 1.54) is 0 Å². The van der Waals surface area contributed by atoms with Crippen LogP contribution in [0.25, 0.3) is 16.6 Å². The molecule has 30 heavy (non-hydrogen) atoms. The number of nitrogens with one attached hydrogen (secondary N) is 1. The molecule has 0 atom stereocenters. The van der Waals surface area contributed by atoms with Gasteiger partial charge in [-0.1, -0.05) is 50.2 Å². The molecule has 1 N–H and O–H groups in total. The largest absolute Gasteiger partial charge is 0.349 e. The number of benzene rings is 1. The van der Waals surface area contributed by atoms with Crippen LogP contribution < -0.4 is 5.32 Å². The molecule has 152 valence electrons. The van der Waals surface area contributed by atoms with Crippen LogP contribution in [0.1, 0.15) is 41.0 Å². The molecule has 4 rings (SSSR count). The highest BCUT2D eigenvalue weighted by molar-refractivity contribution is 7.09. The van der Waals surface area contributed by atoms with E-state index in [1.54, 1.807) is 15.7 Å². The van der Waals surface area contributed by atoms with Crippen molar-refractivity contribution in [2.24, 2.45) is 0 Å². The number of hydrogen-bond donors (Lipinski definition) is 1. The van der Waals surface area contributed by atoms with Crippen LogP contribution in [0.4, 0.5) is 0 Å². The Bertz CT molecular complexity index is 1190. The summed E-state index contributed by atoms with van der Waals surface area (Å²) in [6.45, 7) is 4.58. The molecule has 1 amide bonds. The van der Waals surface area contributed by atoms with E-state index < -0.39 is 11.7 Å². The van der Waals surface area contributed by atoms with Crippen LogP contribution in [-0.2, 0) is 11.2 Å². The van der Waals surface area contributed by atoms with E-state index in [4.69, 9.17) is 0 Å². The Morgan fingerprint density at radius 3 is 2.60 bits per heavy atom. The molecule has 3 heterocycles. The lowest BCUT2D eigenvalue weighted by Crippen LogP contribution is -2.33. The topological polar surface area (TPSA) is 63.5 Å². The molecule has 0 aliphatic heterocycles. The smallest absolute Gasteiger partial charge is 0.294 e. The molecule has 0 fully saturated rings. The molecule has 1 aromatic carbocycles. The molecule has 3 aromatic heterocycles. The molecule has 0 spiro atoms. The van der Waals surface area contributed by atoms with Crippen LogP contribution in [0.2, 0.25) is 0 Å². The summed E-state index contributed by atoms with van der Waals surface area (Å²) >= 11 is 1.59. The predicted molar refractivity (Wildman–Crippen MR) is 120 cm³/mol. The van der Waals surface area contributed by atoms with Crippen molar-refractivity contribution >= 4 is 28.5 Å². The lowest BCUT2D eigenvalue weighted by atomic mass is 10.0. The van der Waals surface area contributed by atoms with Crippen LogP contribution in [0.3, 0.4) is 0 Å². The zero-order valence-electron chi connectivity index (χ0n) is 17.0. The third-order valence-corrected chi connectivity index (χ3v) is 5.90. The number of Topliss-reactive ketones (excluding diaryl/α,β-unsaturated/α-hetero) is 1. The van der Waals surface area contributed by atoms with E-state index in [2.05, 4.69) is 24.1 Å². The fourth-order valence-electron chi connectivity index (χ4n) is 3.37. The first-order chi connectivity index (χ1) is 14.5. The van der Waals surface area contributed by atoms with Crippen molar-refractivity contribution in [1.82, 2.24) is 14.7 Å². The summed E-state index contributed by atoms with van der Waals surface area (Å²) in [4.78, 5) is 30.4. The number of amides is 1. The van der Waals surface area contributed by atoms with Crippen molar-refractivity contribution in [1.29, 1.82) is 0 Å². The van der Waals surface area contributed by atoms with Crippen LogP contribution in [0.15, 0.2) is 66.2 Å². The SMILES string of the molecule is CC(C)c1csc(CCNC(=O)C(=O)c2c(-c3ccccc3)cc3ccccn23)n1. The number of nitrogens with zero attached hydrogens (tertiary/aromatic N) is 2. The van der Waals surface area contributed by atoms with Gasteiger partial charge < -0.3 is 9.72 Å². The van der Waals surface area contributed by atoms with Gasteiger partial charge in [-0.3, -0.25) is 9.59 Å². The lowest BCUT2D eigenvalue weighted by Gasteiger charge is -2.07. The molecule has 0 unspecified atom stereocenters. The molecular formula is C24H23N3O2S. The number of ketones is 1. The zero-order chi connectivity index (χ0) is 21.1. The van der Waals surface area contributed by atoms with Crippen molar-refractivity contribution < 1.29 is 9.59 Å². The van der Waals surface area contributed by atoms with Crippen LogP contribution in [0.5, 0.6) is 0 Å². The first kappa shape index (κ1) is 20.0. The average Bonchev–Trinajstić information content (AvgIpc) is 3.39. The van der Waals surface area contributed by atoms with E-state index >= 15 is 0 Å². The Morgan fingerprint density at radius 2 is 1.87 bits per heavy atom. The van der Waals surface area contributed by atoms with Gasteiger partial charge in [-0.25, -0.2) is 4.98 Å². The van der Waals surface area contributed by atoms with Gasteiger partial charge in [-0.05, 0) is 29.7 Å². The van der Waals surface area contributed by atoms with Gasteiger partial charge in [0, 0.05) is 35.6 Å². The molecule has 0 radical (unpaired) electrons. The average molecular weight is 418 g/mol. The molecule has 4 aromatic rings. The van der Waals surface area contributed by atoms with Gasteiger partial charge in [-0.15, -0.1) is 11.3 Å². The summed E-state index contributed by atoms with van der Waals surface area (Å²) in [5.41, 5.74) is 3.97. The number of aromatic nitrogens is 2. The van der Waals surface area contributed by atoms with Gasteiger partial charge in [0.2, 0.25) is 0 Å². The van der Waals surface area contributed by atoms with Crippen molar-refractivity contribution in [3.8, 4) is 11.1 Å². The molecule has 5 nitrogen and oxygen atoms in total. The van der Waals surface area contributed by atoms with Gasteiger partial charge in [0.15, 0.2) is 0 Å². The Kier molecular flexibility index (Phi) is 5.77. The van der Waals surface area contributed by atoms with Crippen molar-refractivity contribution in [2.75, 3.05) is 6.54 Å². The number of carbonyl (C=O) groups is 2. The highest BCUT2D eigenvalue weighted by Crippen LogP contribution is 2.28. The predicted octanol–water partition coefficient (Wildman–Crippen LogP) is 4.73. The first-order valence-electron chi connectivity index (χ1n) is 9.97. The fourth-order valence-corrected chi connectivity index (χ4v) is 4.33. The molecule has 0 aliphatic carbocycles. The van der Waals surface area contributed by atoms with E-state index in [1.807, 2.05) is 66.2 Å². The Labute approximate surface area is 179 Å². The lowest BCUT2D eigenvalue weighted by molar-refractivity contribution is -0.117. The second-order valence-electron chi connectivity index (χ2n) is 7.42. The minimum absolute atomic E-state index is 0.375. The molecule has 0 saturated heterocycles. The Balaban J connectivity index is 1.54. The second kappa shape index (κ2) is 8.63. The molecular weight excluding hydrogens is 394 g/mol. The molecule has 0 bridgehead atoms. The Hall–Kier alpha value is -3.25. The molecule has 0 saturated carbocycles. The van der Waals surface area contributed by atoms with Gasteiger partial charge in [0.05, 0.1) is 10.7 Å². The third-order valence-electron chi connectivity index (χ3n) is 4.97. The molecule has 0 aliphatic rings. The maximum absolute atomic E-state index is 13.1. The number of hydrogen-bond acceptors (Lipinski definition) is 4. The summed E-state index contributed by atoms with van der Waals surface area (Å²) in [6, 6.07) is 17.3. The van der Waals surface area contributed by atoms with Gasteiger partial charge in [0.25, 0.3) is 11.7 Å². The van der Waals surface area contributed by atoms with Crippen molar-refractivity contribution in [3.63, 3.8) is 0 Å². The zero-order valence-corrected chi connectivity index (χ0v) is 17.8. The summed E-state index contributed by atoms with van der Waals surface area (Å²) in [5.74, 6) is -0.760. The first-order valence-corrected chi connectivity index (χ1v) is 10.8. The van der Waals surface area contributed by atoms with Crippen LogP contribution in [0, 0.1) is 0 Å². The Morgan fingerprint density at radius 1 is 1.10 bits per heavy atom. The standard InChI is InChI=1S/C24H23N3O2S/c1-16(2)20-15-30-21(26-20)11-12-25-24(29)23(28)22-19(17-8-4-3-5-9-17)14-18-10-6-7-13-27(18)22/h3-10,13-16H,11-12H2,1-2H3,(H,25,29). The monoisotopic (exact) mass is 417 g/mol. The minimum atomic E-state index is -0.600. The molecule has 6 heteroatoms. The number of fused-ring (bicyclic) bond motifs is 1. The van der Waals surface area contributed by atoms with E-state index in [0.29, 0.717) is 24.6 Å². The number of carbonyl (C=O) groups excluding carboxylic acids is 2. The van der Waals surface area contributed by atoms with Gasteiger partial charge >= 0.3 is 0 Å².